The van der Waals surface area contributed by atoms with Gasteiger partial charge in [0.05, 0.1) is 4.92 Å². The molecule has 1 aliphatic heterocycles. The van der Waals surface area contributed by atoms with E-state index in [0.29, 0.717) is 27.9 Å². The van der Waals surface area contributed by atoms with Crippen molar-refractivity contribution >= 4 is 35.0 Å². The van der Waals surface area contributed by atoms with Gasteiger partial charge in [0.2, 0.25) is 0 Å². The third-order valence-electron chi connectivity index (χ3n) is 5.10. The maximum atomic E-state index is 12.8. The molecule has 0 unspecified atom stereocenters. The van der Waals surface area contributed by atoms with Crippen LogP contribution in [0.3, 0.4) is 0 Å². The molecular formula is C20H19N3O4S. The van der Waals surface area contributed by atoms with Crippen LogP contribution >= 0.6 is 12.2 Å². The molecule has 1 aliphatic carbocycles. The fourth-order valence-corrected chi connectivity index (χ4v) is 4.06. The normalized spacial score (nSPS) is 19.3. The average Bonchev–Trinajstić information content (AvgIpc) is 3.27. The second-order valence-electron chi connectivity index (χ2n) is 6.96. The molecule has 0 radical (unpaired) electrons. The number of carbonyl (C=O) groups excluding carboxylic acids is 1. The Morgan fingerprint density at radius 1 is 1.21 bits per heavy atom. The van der Waals surface area contributed by atoms with Crippen LogP contribution in [-0.2, 0) is 4.79 Å². The maximum absolute atomic E-state index is 12.8. The molecule has 2 aliphatic rings. The highest BCUT2D eigenvalue weighted by atomic mass is 32.1. The van der Waals surface area contributed by atoms with Gasteiger partial charge in [-0.2, -0.15) is 0 Å². The number of nitrogens with zero attached hydrogens (tertiary/aromatic N) is 2. The standard InChI is InChI=1S/C20H19N3O4S/c24-19-17(21-20(28)22(19)14-6-2-1-3-7-14)12-16-9-10-18(27-16)13-5-4-8-15(11-13)23(25)26/h4-5,8-12,14H,1-3,6-7H2,(H,21,28)/b17-12-. The molecule has 0 spiro atoms. The largest absolute Gasteiger partial charge is 0.457 e. The Bertz CT molecular complexity index is 975. The molecule has 4 rings (SSSR count). The van der Waals surface area contributed by atoms with E-state index in [9.17, 15) is 14.9 Å². The van der Waals surface area contributed by atoms with Gasteiger partial charge in [-0.15, -0.1) is 0 Å². The highest BCUT2D eigenvalue weighted by Gasteiger charge is 2.36. The number of amides is 1. The van der Waals surface area contributed by atoms with Gasteiger partial charge in [0.15, 0.2) is 5.11 Å². The lowest BCUT2D eigenvalue weighted by Crippen LogP contribution is -2.41. The van der Waals surface area contributed by atoms with E-state index in [1.165, 1.54) is 18.6 Å². The minimum atomic E-state index is -0.447. The van der Waals surface area contributed by atoms with Gasteiger partial charge in [0.25, 0.3) is 11.6 Å². The number of nitro benzene ring substituents is 1. The van der Waals surface area contributed by atoms with Gasteiger partial charge < -0.3 is 9.73 Å². The summed E-state index contributed by atoms with van der Waals surface area (Å²) in [6, 6.07) is 9.83. The van der Waals surface area contributed by atoms with Gasteiger partial charge in [0, 0.05) is 29.8 Å². The van der Waals surface area contributed by atoms with Crippen LogP contribution in [0.15, 0.2) is 46.5 Å². The molecule has 0 atom stereocenters. The van der Waals surface area contributed by atoms with Crippen molar-refractivity contribution in [2.24, 2.45) is 0 Å². The van der Waals surface area contributed by atoms with Gasteiger partial charge in [-0.3, -0.25) is 19.8 Å². The topological polar surface area (TPSA) is 88.6 Å². The zero-order chi connectivity index (χ0) is 19.7. The van der Waals surface area contributed by atoms with E-state index < -0.39 is 4.92 Å². The first-order valence-electron chi connectivity index (χ1n) is 9.24. The molecule has 2 heterocycles. The van der Waals surface area contributed by atoms with Crippen molar-refractivity contribution in [3.05, 3.63) is 58.0 Å². The zero-order valence-electron chi connectivity index (χ0n) is 15.1. The molecule has 0 bridgehead atoms. The number of furan rings is 1. The van der Waals surface area contributed by atoms with Crippen LogP contribution in [0.25, 0.3) is 17.4 Å². The molecule has 2 aromatic rings. The summed E-state index contributed by atoms with van der Waals surface area (Å²) < 4.78 is 5.78. The second-order valence-corrected chi connectivity index (χ2v) is 7.35. The number of hydrogen-bond acceptors (Lipinski definition) is 5. The molecule has 144 valence electrons. The fraction of sp³-hybridized carbons (Fsp3) is 0.300. The Kier molecular flexibility index (Phi) is 4.95. The molecule has 7 nitrogen and oxygen atoms in total. The number of nitrogens with one attached hydrogen (secondary N) is 1. The quantitative estimate of drug-likeness (QED) is 0.359. The number of nitro groups is 1. The number of hydrogen-bond donors (Lipinski definition) is 1. The van der Waals surface area contributed by atoms with Crippen LogP contribution < -0.4 is 5.32 Å². The molecule has 1 amide bonds. The van der Waals surface area contributed by atoms with Crippen molar-refractivity contribution in [3.63, 3.8) is 0 Å². The highest BCUT2D eigenvalue weighted by molar-refractivity contribution is 7.80. The lowest BCUT2D eigenvalue weighted by molar-refractivity contribution is -0.384. The monoisotopic (exact) mass is 397 g/mol. The Labute approximate surface area is 167 Å². The third-order valence-corrected chi connectivity index (χ3v) is 5.40. The summed E-state index contributed by atoms with van der Waals surface area (Å²) >= 11 is 5.37. The van der Waals surface area contributed by atoms with E-state index in [1.807, 2.05) is 0 Å². The van der Waals surface area contributed by atoms with Crippen LogP contribution in [0.1, 0.15) is 37.9 Å². The first kappa shape index (κ1) is 18.4. The first-order chi connectivity index (χ1) is 13.5. The molecule has 1 N–H and O–H groups in total. The number of benzene rings is 1. The van der Waals surface area contributed by atoms with Crippen LogP contribution in [0.5, 0.6) is 0 Å². The molecule has 1 saturated carbocycles. The van der Waals surface area contributed by atoms with Crippen molar-refractivity contribution in [2.45, 2.75) is 38.1 Å². The Balaban J connectivity index is 1.55. The first-order valence-corrected chi connectivity index (χ1v) is 9.64. The molecule has 8 heteroatoms. The number of thiocarbonyl (C=S) groups is 1. The summed E-state index contributed by atoms with van der Waals surface area (Å²) in [6.45, 7) is 0. The van der Waals surface area contributed by atoms with E-state index in [-0.39, 0.29) is 17.6 Å². The van der Waals surface area contributed by atoms with Crippen LogP contribution in [0, 0.1) is 10.1 Å². The highest BCUT2D eigenvalue weighted by Crippen LogP contribution is 2.29. The molecule has 28 heavy (non-hydrogen) atoms. The smallest absolute Gasteiger partial charge is 0.276 e. The summed E-state index contributed by atoms with van der Waals surface area (Å²) in [6.07, 6.45) is 6.99. The Hall–Kier alpha value is -3.00. The minimum Gasteiger partial charge on any atom is -0.457 e. The van der Waals surface area contributed by atoms with E-state index >= 15 is 0 Å². The van der Waals surface area contributed by atoms with Crippen molar-refractivity contribution in [2.75, 3.05) is 0 Å². The average molecular weight is 397 g/mol. The summed E-state index contributed by atoms with van der Waals surface area (Å²) in [5, 5.41) is 14.4. The summed E-state index contributed by atoms with van der Waals surface area (Å²) in [7, 11) is 0. The number of non-ortho nitro benzene ring substituents is 1. The SMILES string of the molecule is O=C1/C(=C/c2ccc(-c3cccc([N+](=O)[O-])c3)o2)NC(=S)N1C1CCCCC1. The zero-order valence-corrected chi connectivity index (χ0v) is 15.9. The lowest BCUT2D eigenvalue weighted by atomic mass is 9.94. The van der Waals surface area contributed by atoms with E-state index in [0.717, 1.165) is 25.7 Å². The van der Waals surface area contributed by atoms with Gasteiger partial charge in [0.1, 0.15) is 17.2 Å². The van der Waals surface area contributed by atoms with Gasteiger partial charge in [-0.1, -0.05) is 31.4 Å². The van der Waals surface area contributed by atoms with Crippen molar-refractivity contribution < 1.29 is 14.1 Å². The third kappa shape index (κ3) is 3.55. The Morgan fingerprint density at radius 3 is 2.75 bits per heavy atom. The van der Waals surface area contributed by atoms with Crippen LogP contribution in [0.2, 0.25) is 0 Å². The number of carbonyl (C=O) groups is 1. The fourth-order valence-electron chi connectivity index (χ4n) is 3.72. The van der Waals surface area contributed by atoms with Crippen molar-refractivity contribution in [1.82, 2.24) is 10.2 Å². The van der Waals surface area contributed by atoms with Crippen LogP contribution in [0.4, 0.5) is 5.69 Å². The van der Waals surface area contributed by atoms with Gasteiger partial charge in [-0.05, 0) is 37.2 Å². The lowest BCUT2D eigenvalue weighted by Gasteiger charge is -2.29. The summed E-state index contributed by atoms with van der Waals surface area (Å²) in [5.74, 6) is 0.837. The van der Waals surface area contributed by atoms with E-state index in [4.69, 9.17) is 16.6 Å². The van der Waals surface area contributed by atoms with Crippen LogP contribution in [-0.4, -0.2) is 26.9 Å². The molecular weight excluding hydrogens is 378 g/mol. The van der Waals surface area contributed by atoms with Crippen molar-refractivity contribution in [3.8, 4) is 11.3 Å². The predicted molar refractivity (Wildman–Crippen MR) is 108 cm³/mol. The predicted octanol–water partition coefficient (Wildman–Crippen LogP) is 4.25. The number of rotatable bonds is 4. The minimum absolute atomic E-state index is 0.00471. The molecule has 1 saturated heterocycles. The maximum Gasteiger partial charge on any atom is 0.276 e. The van der Waals surface area contributed by atoms with Crippen molar-refractivity contribution in [1.29, 1.82) is 0 Å². The summed E-state index contributed by atoms with van der Waals surface area (Å²) in [4.78, 5) is 25.0. The molecule has 1 aromatic heterocycles. The second kappa shape index (κ2) is 7.55. The molecule has 2 fully saturated rings. The van der Waals surface area contributed by atoms with E-state index in [1.54, 1.807) is 35.2 Å². The van der Waals surface area contributed by atoms with Gasteiger partial charge >= 0.3 is 0 Å². The van der Waals surface area contributed by atoms with E-state index in [2.05, 4.69) is 5.32 Å². The van der Waals surface area contributed by atoms with Gasteiger partial charge in [-0.25, -0.2) is 0 Å². The summed E-state index contributed by atoms with van der Waals surface area (Å²) in [5.41, 5.74) is 0.981. The molecule has 1 aromatic carbocycles. The Morgan fingerprint density at radius 2 is 2.00 bits per heavy atom.